The Kier molecular flexibility index (Phi) is 10.7. The Bertz CT molecular complexity index is 2230. The molecule has 54 heavy (non-hydrogen) atoms. The molecule has 0 aliphatic heterocycles. The van der Waals surface area contributed by atoms with Crippen LogP contribution in [0.1, 0.15) is 43.9 Å². The molecule has 0 amide bonds. The van der Waals surface area contributed by atoms with Crippen molar-refractivity contribution in [3.05, 3.63) is 226 Å². The number of hydrogen-bond donors (Lipinski definition) is 0. The molecule has 0 atom stereocenters. The van der Waals surface area contributed by atoms with Crippen molar-refractivity contribution in [1.82, 2.24) is 14.5 Å². The van der Waals surface area contributed by atoms with Crippen molar-refractivity contribution < 1.29 is 19.2 Å². The summed E-state index contributed by atoms with van der Waals surface area (Å²) in [5.41, 5.74) is 5.82. The van der Waals surface area contributed by atoms with Crippen molar-refractivity contribution in [1.29, 1.82) is 0 Å². The lowest BCUT2D eigenvalue weighted by Crippen LogP contribution is -2.37. The Balaban J connectivity index is 1.23. The molecule has 6 aromatic carbocycles. The van der Waals surface area contributed by atoms with Gasteiger partial charge in [-0.15, -0.1) is 0 Å². The van der Waals surface area contributed by atoms with Gasteiger partial charge in [0.1, 0.15) is 17.0 Å². The van der Waals surface area contributed by atoms with E-state index in [-0.39, 0.29) is 10.6 Å². The Hall–Kier alpha value is -6.84. The molecule has 1 heterocycles. The van der Waals surface area contributed by atoms with Crippen LogP contribution in [-0.2, 0) is 29.9 Å². The molecule has 0 aliphatic carbocycles. The Labute approximate surface area is 313 Å². The van der Waals surface area contributed by atoms with E-state index in [0.717, 1.165) is 33.5 Å². The zero-order chi connectivity index (χ0) is 37.3. The van der Waals surface area contributed by atoms with Crippen LogP contribution in [-0.4, -0.2) is 32.5 Å². The summed E-state index contributed by atoms with van der Waals surface area (Å²) in [6.45, 7) is 1.54. The van der Waals surface area contributed by atoms with Crippen molar-refractivity contribution in [2.45, 2.75) is 25.2 Å². The predicted molar refractivity (Wildman–Crippen MR) is 207 cm³/mol. The number of benzene rings is 6. The molecule has 0 saturated heterocycles. The summed E-state index contributed by atoms with van der Waals surface area (Å²) in [4.78, 5) is 30.3. The number of nitro groups is 1. The Morgan fingerprint density at radius 3 is 1.81 bits per heavy atom. The van der Waals surface area contributed by atoms with Gasteiger partial charge in [-0.1, -0.05) is 121 Å². The number of ether oxygens (including phenoxy) is 2. The minimum absolute atomic E-state index is 0.0456. The van der Waals surface area contributed by atoms with E-state index >= 15 is 0 Å². The van der Waals surface area contributed by atoms with Gasteiger partial charge in [0, 0.05) is 38.0 Å². The van der Waals surface area contributed by atoms with Gasteiger partial charge >= 0.3 is 5.97 Å². The number of nitro benzene ring substituents is 1. The summed E-state index contributed by atoms with van der Waals surface area (Å²) in [5, 5.41) is 11.4. The third-order valence-corrected chi connectivity index (χ3v) is 9.33. The topological polar surface area (TPSA) is 99.7 Å². The first kappa shape index (κ1) is 35.6. The second-order valence-corrected chi connectivity index (χ2v) is 12.9. The zero-order valence-electron chi connectivity index (χ0n) is 29.7. The fourth-order valence-electron chi connectivity index (χ4n) is 6.90. The smallest absolute Gasteiger partial charge is 0.337 e. The van der Waals surface area contributed by atoms with Crippen LogP contribution in [0.3, 0.4) is 0 Å². The van der Waals surface area contributed by atoms with Crippen LogP contribution in [0.15, 0.2) is 176 Å². The highest BCUT2D eigenvalue weighted by Crippen LogP contribution is 2.41. The summed E-state index contributed by atoms with van der Waals surface area (Å²) >= 11 is 0. The van der Waals surface area contributed by atoms with Crippen molar-refractivity contribution in [3.8, 4) is 11.5 Å². The zero-order valence-corrected chi connectivity index (χ0v) is 29.7. The lowest BCUT2D eigenvalue weighted by Gasteiger charge is -2.37. The van der Waals surface area contributed by atoms with E-state index in [0.29, 0.717) is 36.7 Å². The highest BCUT2D eigenvalue weighted by Gasteiger charge is 2.38. The maximum absolute atomic E-state index is 12.1. The molecule has 268 valence electrons. The minimum Gasteiger partial charge on any atom is -0.465 e. The van der Waals surface area contributed by atoms with Crippen LogP contribution in [0, 0.1) is 10.1 Å². The van der Waals surface area contributed by atoms with Gasteiger partial charge in [-0.3, -0.25) is 15.0 Å². The number of methoxy groups -OCH3 is 1. The van der Waals surface area contributed by atoms with Gasteiger partial charge in [0.2, 0.25) is 0 Å². The molecule has 0 N–H and O–H groups in total. The molecule has 0 spiro atoms. The number of aromatic nitrogens is 2. The van der Waals surface area contributed by atoms with Crippen LogP contribution < -0.4 is 4.74 Å². The average molecular weight is 715 g/mol. The molecule has 9 heteroatoms. The number of carbonyl (C=O) groups excluding carboxylic acids is 1. The highest BCUT2D eigenvalue weighted by atomic mass is 16.6. The van der Waals surface area contributed by atoms with Crippen molar-refractivity contribution >= 4 is 11.7 Å². The number of rotatable bonds is 14. The fourth-order valence-corrected chi connectivity index (χ4v) is 6.90. The molecular formula is C45H38N4O5. The normalized spacial score (nSPS) is 11.3. The van der Waals surface area contributed by atoms with E-state index in [1.54, 1.807) is 36.4 Å². The number of non-ortho nitro benzene ring substituents is 1. The lowest BCUT2D eigenvalue weighted by atomic mass is 9.77. The summed E-state index contributed by atoms with van der Waals surface area (Å²) in [6.07, 6.45) is 4.02. The largest absolute Gasteiger partial charge is 0.465 e. The maximum atomic E-state index is 12.1. The second-order valence-electron chi connectivity index (χ2n) is 12.9. The summed E-state index contributed by atoms with van der Waals surface area (Å²) in [5.74, 6) is 0.696. The van der Waals surface area contributed by atoms with Crippen LogP contribution in [0.25, 0.3) is 0 Å². The monoisotopic (exact) mass is 714 g/mol. The number of nitrogens with zero attached hydrogens (tertiary/aromatic N) is 4. The van der Waals surface area contributed by atoms with E-state index in [2.05, 4.69) is 88.5 Å². The first-order chi connectivity index (χ1) is 26.4. The van der Waals surface area contributed by atoms with Crippen LogP contribution in [0.2, 0.25) is 0 Å². The molecule has 0 radical (unpaired) electrons. The molecule has 7 rings (SSSR count). The molecule has 7 aromatic rings. The van der Waals surface area contributed by atoms with E-state index in [4.69, 9.17) is 14.5 Å². The fraction of sp³-hybridized carbons (Fsp3) is 0.111. The lowest BCUT2D eigenvalue weighted by molar-refractivity contribution is -0.384. The van der Waals surface area contributed by atoms with Gasteiger partial charge in [-0.2, -0.15) is 0 Å². The van der Waals surface area contributed by atoms with Crippen LogP contribution in [0.4, 0.5) is 5.69 Å². The molecule has 0 fully saturated rings. The van der Waals surface area contributed by atoms with Crippen LogP contribution in [0.5, 0.6) is 11.5 Å². The standard InChI is InChI=1S/C45H38N4O5/c1-53-44(50)36-14-12-22-43(28-36)54-42-21-11-13-35(27-42)30-47(29-34-23-25-41(26-24-34)49(51)52)31-40-32-48(33-46-40)45(37-15-5-2-6-16-37,38-17-7-3-8-18-38)39-19-9-4-10-20-39/h2-28,32-33H,29-31H2,1H3. The summed E-state index contributed by atoms with van der Waals surface area (Å²) < 4.78 is 13.2. The van der Waals surface area contributed by atoms with E-state index < -0.39 is 11.5 Å². The van der Waals surface area contributed by atoms with Crippen molar-refractivity contribution in [3.63, 3.8) is 0 Å². The third-order valence-electron chi connectivity index (χ3n) is 9.33. The van der Waals surface area contributed by atoms with Crippen molar-refractivity contribution in [2.75, 3.05) is 7.11 Å². The third kappa shape index (κ3) is 7.81. The number of esters is 1. The van der Waals surface area contributed by atoms with Gasteiger partial charge in [0.05, 0.1) is 29.6 Å². The van der Waals surface area contributed by atoms with Crippen molar-refractivity contribution in [2.24, 2.45) is 0 Å². The maximum Gasteiger partial charge on any atom is 0.337 e. The van der Waals surface area contributed by atoms with E-state index in [1.807, 2.05) is 48.8 Å². The Morgan fingerprint density at radius 1 is 0.685 bits per heavy atom. The van der Waals surface area contributed by atoms with Gasteiger partial charge < -0.3 is 14.0 Å². The molecule has 9 nitrogen and oxygen atoms in total. The minimum atomic E-state index is -0.699. The van der Waals surface area contributed by atoms with Gasteiger partial charge in [0.25, 0.3) is 5.69 Å². The SMILES string of the molecule is COC(=O)c1cccc(Oc2cccc(CN(Cc3ccc([N+](=O)[O-])cc3)Cc3cn(C(c4ccccc4)(c4ccccc4)c4ccccc4)cn3)c2)c1. The molecule has 0 bridgehead atoms. The quantitative estimate of drug-likeness (QED) is 0.0479. The molecule has 1 aromatic heterocycles. The van der Waals surface area contributed by atoms with E-state index in [9.17, 15) is 14.9 Å². The highest BCUT2D eigenvalue weighted by molar-refractivity contribution is 5.89. The first-order valence-corrected chi connectivity index (χ1v) is 17.5. The van der Waals surface area contributed by atoms with Gasteiger partial charge in [0.15, 0.2) is 0 Å². The Morgan fingerprint density at radius 2 is 1.24 bits per heavy atom. The summed E-state index contributed by atoms with van der Waals surface area (Å²) in [7, 11) is 1.35. The van der Waals surface area contributed by atoms with Gasteiger partial charge in [-0.25, -0.2) is 9.78 Å². The molecule has 0 aliphatic rings. The van der Waals surface area contributed by atoms with E-state index in [1.165, 1.54) is 19.2 Å². The molecule has 0 unspecified atom stereocenters. The predicted octanol–water partition coefficient (Wildman–Crippen LogP) is 9.41. The summed E-state index contributed by atoms with van der Waals surface area (Å²) in [6, 6.07) is 52.7. The first-order valence-electron chi connectivity index (χ1n) is 17.5. The number of imidazole rings is 1. The van der Waals surface area contributed by atoms with Gasteiger partial charge in [-0.05, 0) is 58.1 Å². The number of hydrogen-bond acceptors (Lipinski definition) is 7. The van der Waals surface area contributed by atoms with Crippen LogP contribution >= 0.6 is 0 Å². The second kappa shape index (κ2) is 16.2. The number of carbonyl (C=O) groups is 1. The average Bonchev–Trinajstić information content (AvgIpc) is 3.68. The molecular weight excluding hydrogens is 677 g/mol. The molecule has 0 saturated carbocycles.